The molecule has 5 heterocycles. The minimum Gasteiger partial charge on any atom is -0.391 e. The number of halogens is 1. The number of hydrogen-bond donors (Lipinski definition) is 1. The van der Waals surface area contributed by atoms with Gasteiger partial charge in [-0.25, -0.2) is 0 Å². The van der Waals surface area contributed by atoms with Crippen LogP contribution in [0.5, 0.6) is 0 Å². The third-order valence-electron chi connectivity index (χ3n) is 11.2. The van der Waals surface area contributed by atoms with Crippen LogP contribution in [0.15, 0.2) is 40.2 Å². The fourth-order valence-corrected chi connectivity index (χ4v) is 9.72. The molecule has 1 saturated carbocycles. The molecule has 1 N–H and O–H groups in total. The van der Waals surface area contributed by atoms with E-state index in [1.807, 2.05) is 0 Å². The van der Waals surface area contributed by atoms with Gasteiger partial charge in [-0.05, 0) is 150 Å². The van der Waals surface area contributed by atoms with Crippen molar-refractivity contribution < 1.29 is 43.0 Å². The molecular weight excluding hydrogens is 760 g/mol. The summed E-state index contributed by atoms with van der Waals surface area (Å²) in [5.41, 5.74) is 0. The zero-order valence-corrected chi connectivity index (χ0v) is 34.1. The fraction of sp³-hybridized carbons (Fsp3) is 0.810. The highest BCUT2D eigenvalue weighted by Crippen LogP contribution is 2.42. The summed E-state index contributed by atoms with van der Waals surface area (Å²) < 4.78 is 51.2. The molecule has 0 radical (unpaired) electrons. The van der Waals surface area contributed by atoms with Crippen LogP contribution >= 0.6 is 27.3 Å². The zero-order valence-electron chi connectivity index (χ0n) is 31.7. The van der Waals surface area contributed by atoms with E-state index in [1.54, 1.807) is 11.3 Å². The first kappa shape index (κ1) is 41.9. The molecule has 1 aliphatic carbocycles. The molecular formula is C42H65BrO9S. The van der Waals surface area contributed by atoms with Gasteiger partial charge in [0.2, 0.25) is 0 Å². The first-order valence-corrected chi connectivity index (χ1v) is 22.5. The SMILES string of the molecule is OC(CCC/C=C\C[C@@H]1[C@@H](/C=C/[C@@H](CCc2ccc(Br)s2)OC2CCCCO2)[C@H](OC2CCCCO2)C[C@@H]1OC1CCCCO1)COC1CCCCO1. The van der Waals surface area contributed by atoms with Gasteiger partial charge in [-0.15, -0.1) is 11.3 Å². The van der Waals surface area contributed by atoms with Crippen LogP contribution < -0.4 is 0 Å². The van der Waals surface area contributed by atoms with Crippen LogP contribution in [-0.2, 0) is 44.3 Å². The van der Waals surface area contributed by atoms with E-state index in [9.17, 15) is 5.11 Å². The average Bonchev–Trinajstić information content (AvgIpc) is 3.76. The van der Waals surface area contributed by atoms with E-state index < -0.39 is 6.10 Å². The highest BCUT2D eigenvalue weighted by Gasteiger charge is 2.45. The maximum absolute atomic E-state index is 10.5. The van der Waals surface area contributed by atoms with Crippen LogP contribution in [0.2, 0.25) is 0 Å². The molecule has 0 aromatic carbocycles. The Kier molecular flexibility index (Phi) is 18.6. The number of thiophene rings is 1. The highest BCUT2D eigenvalue weighted by atomic mass is 79.9. The van der Waals surface area contributed by atoms with Crippen LogP contribution in [-0.4, -0.2) is 87.7 Å². The van der Waals surface area contributed by atoms with Crippen LogP contribution in [0.3, 0.4) is 0 Å². The second kappa shape index (κ2) is 23.5. The lowest BCUT2D eigenvalue weighted by atomic mass is 9.89. The summed E-state index contributed by atoms with van der Waals surface area (Å²) in [5.74, 6) is 0.352. The van der Waals surface area contributed by atoms with Crippen molar-refractivity contribution in [1.29, 1.82) is 0 Å². The van der Waals surface area contributed by atoms with Crippen LogP contribution in [0, 0.1) is 11.8 Å². The van der Waals surface area contributed by atoms with Gasteiger partial charge >= 0.3 is 0 Å². The zero-order chi connectivity index (χ0) is 36.5. The normalized spacial score (nSPS) is 32.8. The van der Waals surface area contributed by atoms with E-state index >= 15 is 0 Å². The second-order valence-corrected chi connectivity index (χ2v) is 18.0. The van der Waals surface area contributed by atoms with Gasteiger partial charge in [-0.3, -0.25) is 0 Å². The average molecular weight is 826 g/mol. The van der Waals surface area contributed by atoms with E-state index in [2.05, 4.69) is 52.4 Å². The van der Waals surface area contributed by atoms with Gasteiger partial charge in [-0.1, -0.05) is 24.3 Å². The first-order chi connectivity index (χ1) is 26.1. The molecule has 11 heteroatoms. The van der Waals surface area contributed by atoms with Crippen molar-refractivity contribution in [2.75, 3.05) is 33.0 Å². The largest absolute Gasteiger partial charge is 0.391 e. The van der Waals surface area contributed by atoms with Gasteiger partial charge in [0, 0.05) is 43.6 Å². The van der Waals surface area contributed by atoms with Crippen molar-refractivity contribution in [3.63, 3.8) is 0 Å². The molecule has 5 unspecified atom stereocenters. The number of hydrogen-bond acceptors (Lipinski definition) is 10. The third-order valence-corrected chi connectivity index (χ3v) is 12.9. The Labute approximate surface area is 330 Å². The highest BCUT2D eigenvalue weighted by molar-refractivity contribution is 9.11. The molecule has 5 aliphatic rings. The second-order valence-electron chi connectivity index (χ2n) is 15.4. The quantitative estimate of drug-likeness (QED) is 0.102. The Morgan fingerprint density at radius 2 is 1.42 bits per heavy atom. The summed E-state index contributed by atoms with van der Waals surface area (Å²) in [6.45, 7) is 3.36. The van der Waals surface area contributed by atoms with E-state index in [1.165, 1.54) is 4.88 Å². The Morgan fingerprint density at radius 1 is 0.774 bits per heavy atom. The van der Waals surface area contributed by atoms with Gasteiger partial charge in [0.25, 0.3) is 0 Å². The van der Waals surface area contributed by atoms with Crippen LogP contribution in [0.4, 0.5) is 0 Å². The number of allylic oxidation sites excluding steroid dienone is 2. The predicted octanol–water partition coefficient (Wildman–Crippen LogP) is 9.39. The maximum atomic E-state index is 10.5. The molecule has 4 saturated heterocycles. The van der Waals surface area contributed by atoms with Crippen molar-refractivity contribution in [2.24, 2.45) is 11.8 Å². The predicted molar refractivity (Wildman–Crippen MR) is 210 cm³/mol. The number of aryl methyl sites for hydroxylation is 1. The standard InChI is InChI=1S/C42H65BrO9S/c43-38-24-22-33(53-38)21-19-32(50-40-16-6-10-26-46-40)20-23-35-34(14-4-2-1-3-13-31(44)30-49-39-15-5-9-25-45-39)36(51-41-17-7-11-27-47-41)29-37(35)52-42-18-8-12-28-48-42/h2,4,20,22-24,31-32,34-37,39-42,44H,1,3,5-19,21,25-30H2/b4-2-,23-20+/t31?,32-,34-,35-,36+,37-,39?,40?,41?,42?/m1/s1. The Balaban J connectivity index is 1.12. The van der Waals surface area contributed by atoms with Gasteiger partial charge in [0.15, 0.2) is 25.2 Å². The number of ether oxygens (including phenoxy) is 8. The fourth-order valence-electron chi connectivity index (χ4n) is 8.22. The lowest BCUT2D eigenvalue weighted by molar-refractivity contribution is -0.203. The number of rotatable bonds is 20. The minimum absolute atomic E-state index is 0.0106. The van der Waals surface area contributed by atoms with Gasteiger partial charge in [0.05, 0.1) is 34.8 Å². The molecule has 5 fully saturated rings. The molecule has 1 aromatic rings. The lowest BCUT2D eigenvalue weighted by Gasteiger charge is -2.30. The minimum atomic E-state index is -0.470. The van der Waals surface area contributed by atoms with E-state index in [4.69, 9.17) is 37.9 Å². The van der Waals surface area contributed by atoms with Crippen molar-refractivity contribution in [2.45, 2.75) is 172 Å². The molecule has 300 valence electrons. The number of unbranched alkanes of at least 4 members (excludes halogenated alkanes) is 1. The topological polar surface area (TPSA) is 94.1 Å². The Bertz CT molecular complexity index is 1190. The van der Waals surface area contributed by atoms with Crippen molar-refractivity contribution in [3.8, 4) is 0 Å². The molecule has 4 aliphatic heterocycles. The third kappa shape index (κ3) is 14.6. The lowest BCUT2D eigenvalue weighted by Crippen LogP contribution is -2.31. The molecule has 0 amide bonds. The van der Waals surface area contributed by atoms with E-state index in [0.717, 1.165) is 146 Å². The van der Waals surface area contributed by atoms with E-state index in [-0.39, 0.29) is 55.3 Å². The number of aliphatic hydroxyl groups excluding tert-OH is 1. The summed E-state index contributed by atoms with van der Waals surface area (Å²) in [6.07, 6.45) is 26.7. The van der Waals surface area contributed by atoms with Crippen LogP contribution in [0.25, 0.3) is 0 Å². The molecule has 0 spiro atoms. The maximum Gasteiger partial charge on any atom is 0.158 e. The molecule has 9 nitrogen and oxygen atoms in total. The summed E-state index contributed by atoms with van der Waals surface area (Å²) in [4.78, 5) is 1.35. The van der Waals surface area contributed by atoms with Gasteiger partial charge in [0.1, 0.15) is 0 Å². The smallest absolute Gasteiger partial charge is 0.158 e. The Morgan fingerprint density at radius 3 is 2.04 bits per heavy atom. The van der Waals surface area contributed by atoms with E-state index in [0.29, 0.717) is 13.0 Å². The van der Waals surface area contributed by atoms with Crippen molar-refractivity contribution >= 4 is 27.3 Å². The van der Waals surface area contributed by atoms with Crippen molar-refractivity contribution in [1.82, 2.24) is 0 Å². The summed E-state index contributed by atoms with van der Waals surface area (Å²) in [6, 6.07) is 4.33. The van der Waals surface area contributed by atoms with Gasteiger partial charge < -0.3 is 43.0 Å². The summed E-state index contributed by atoms with van der Waals surface area (Å²) in [5, 5.41) is 10.5. The molecule has 10 atom stereocenters. The first-order valence-electron chi connectivity index (χ1n) is 20.9. The monoisotopic (exact) mass is 824 g/mol. The molecule has 53 heavy (non-hydrogen) atoms. The molecule has 0 bridgehead atoms. The summed E-state index contributed by atoms with van der Waals surface area (Å²) >= 11 is 5.42. The summed E-state index contributed by atoms with van der Waals surface area (Å²) in [7, 11) is 0. The van der Waals surface area contributed by atoms with Crippen molar-refractivity contribution in [3.05, 3.63) is 45.1 Å². The number of aliphatic hydroxyl groups is 1. The molecule has 1 aromatic heterocycles. The van der Waals surface area contributed by atoms with Crippen LogP contribution in [0.1, 0.15) is 120 Å². The van der Waals surface area contributed by atoms with Gasteiger partial charge in [-0.2, -0.15) is 0 Å². The Hall–Kier alpha value is -0.700. The molecule has 6 rings (SSSR count).